The Bertz CT molecular complexity index is 699. The lowest BCUT2D eigenvalue weighted by Crippen LogP contribution is -2.24. The number of methoxy groups -OCH3 is 1. The van der Waals surface area contributed by atoms with E-state index < -0.39 is 0 Å². The summed E-state index contributed by atoms with van der Waals surface area (Å²) in [6, 6.07) is 9.41. The molecule has 126 valence electrons. The Balaban J connectivity index is 2.02. The molecule has 1 aromatic carbocycles. The molecule has 1 aromatic heterocycles. The first-order chi connectivity index (χ1) is 11.6. The number of likely N-dealkylation sites (N-methyl/N-ethyl adjacent to an activating group) is 1. The van der Waals surface area contributed by atoms with Gasteiger partial charge in [0.05, 0.1) is 13.7 Å². The molecule has 2 aromatic rings. The zero-order chi connectivity index (χ0) is 17.4. The summed E-state index contributed by atoms with van der Waals surface area (Å²) in [5.74, 6) is 1.29. The molecule has 0 saturated heterocycles. The van der Waals surface area contributed by atoms with E-state index in [-0.39, 0.29) is 5.91 Å². The highest BCUT2D eigenvalue weighted by Crippen LogP contribution is 2.28. The number of carbonyl (C=O) groups excluding carboxylic acids is 1. The van der Waals surface area contributed by atoms with E-state index in [1.54, 1.807) is 43.6 Å². The Hall–Kier alpha value is -2.82. The highest BCUT2D eigenvalue weighted by molar-refractivity contribution is 5.91. The van der Waals surface area contributed by atoms with Gasteiger partial charge in [0, 0.05) is 32.1 Å². The molecule has 1 amide bonds. The Morgan fingerprint density at radius 2 is 2.12 bits per heavy atom. The number of pyridine rings is 1. The molecule has 2 rings (SSSR count). The molecule has 24 heavy (non-hydrogen) atoms. The Morgan fingerprint density at radius 1 is 1.29 bits per heavy atom. The van der Waals surface area contributed by atoms with Crippen LogP contribution in [0.5, 0.6) is 11.5 Å². The average Bonchev–Trinajstić information content (AvgIpc) is 2.61. The smallest absolute Gasteiger partial charge is 0.246 e. The predicted molar refractivity (Wildman–Crippen MR) is 93.9 cm³/mol. The topological polar surface area (TPSA) is 51.7 Å². The lowest BCUT2D eigenvalue weighted by atomic mass is 10.2. The SMILES string of the molecule is CCOc1ccc(CN(C)C(=O)C=Cc2cccnc2)cc1OC. The minimum atomic E-state index is -0.0771. The number of hydrogen-bond acceptors (Lipinski definition) is 4. The summed E-state index contributed by atoms with van der Waals surface area (Å²) >= 11 is 0. The summed E-state index contributed by atoms with van der Waals surface area (Å²) in [6.45, 7) is 2.99. The molecule has 0 unspecified atom stereocenters. The van der Waals surface area contributed by atoms with Gasteiger partial charge in [-0.1, -0.05) is 12.1 Å². The van der Waals surface area contributed by atoms with E-state index in [4.69, 9.17) is 9.47 Å². The minimum absolute atomic E-state index is 0.0771. The third kappa shape index (κ3) is 4.84. The van der Waals surface area contributed by atoms with Gasteiger partial charge in [-0.25, -0.2) is 0 Å². The van der Waals surface area contributed by atoms with E-state index in [0.29, 0.717) is 24.7 Å². The largest absolute Gasteiger partial charge is 0.493 e. The van der Waals surface area contributed by atoms with E-state index in [1.807, 2.05) is 37.3 Å². The summed E-state index contributed by atoms with van der Waals surface area (Å²) in [7, 11) is 3.37. The first kappa shape index (κ1) is 17.5. The molecule has 0 N–H and O–H groups in total. The maximum Gasteiger partial charge on any atom is 0.246 e. The molecule has 0 saturated carbocycles. The van der Waals surface area contributed by atoms with Crippen molar-refractivity contribution in [2.45, 2.75) is 13.5 Å². The highest BCUT2D eigenvalue weighted by Gasteiger charge is 2.09. The van der Waals surface area contributed by atoms with Crippen LogP contribution in [0.1, 0.15) is 18.1 Å². The number of aromatic nitrogens is 1. The first-order valence-electron chi connectivity index (χ1n) is 7.77. The second kappa shape index (κ2) is 8.72. The number of benzene rings is 1. The van der Waals surface area contributed by atoms with Gasteiger partial charge in [0.25, 0.3) is 0 Å². The van der Waals surface area contributed by atoms with Gasteiger partial charge in [0.2, 0.25) is 5.91 Å². The standard InChI is InChI=1S/C19H22N2O3/c1-4-24-17-9-7-16(12-18(17)23-3)14-21(2)19(22)10-8-15-6-5-11-20-13-15/h5-13H,4,14H2,1-3H3. The zero-order valence-corrected chi connectivity index (χ0v) is 14.2. The van der Waals surface area contributed by atoms with Crippen LogP contribution < -0.4 is 9.47 Å². The molecule has 5 heteroatoms. The van der Waals surface area contributed by atoms with E-state index in [2.05, 4.69) is 4.98 Å². The van der Waals surface area contributed by atoms with Crippen molar-refractivity contribution in [2.24, 2.45) is 0 Å². The Labute approximate surface area is 142 Å². The van der Waals surface area contributed by atoms with Crippen molar-refractivity contribution in [1.82, 2.24) is 9.88 Å². The maximum absolute atomic E-state index is 12.2. The molecule has 1 heterocycles. The molecule has 0 atom stereocenters. The van der Waals surface area contributed by atoms with Gasteiger partial charge in [0.1, 0.15) is 0 Å². The molecule has 0 fully saturated rings. The van der Waals surface area contributed by atoms with Crippen LogP contribution in [0.15, 0.2) is 48.8 Å². The third-order valence-electron chi connectivity index (χ3n) is 3.43. The number of hydrogen-bond donors (Lipinski definition) is 0. The first-order valence-corrected chi connectivity index (χ1v) is 7.77. The number of rotatable bonds is 7. The molecule has 0 bridgehead atoms. The van der Waals surface area contributed by atoms with Gasteiger partial charge in [-0.3, -0.25) is 9.78 Å². The summed E-state index contributed by atoms with van der Waals surface area (Å²) < 4.78 is 10.8. The minimum Gasteiger partial charge on any atom is -0.493 e. The van der Waals surface area contributed by atoms with Crippen molar-refractivity contribution in [3.8, 4) is 11.5 Å². The maximum atomic E-state index is 12.2. The third-order valence-corrected chi connectivity index (χ3v) is 3.43. The second-order valence-corrected chi connectivity index (χ2v) is 5.23. The fraction of sp³-hybridized carbons (Fsp3) is 0.263. The van der Waals surface area contributed by atoms with E-state index in [0.717, 1.165) is 11.1 Å². The van der Waals surface area contributed by atoms with Gasteiger partial charge >= 0.3 is 0 Å². The molecule has 5 nitrogen and oxygen atoms in total. The highest BCUT2D eigenvalue weighted by atomic mass is 16.5. The predicted octanol–water partition coefficient (Wildman–Crippen LogP) is 3.16. The van der Waals surface area contributed by atoms with Crippen LogP contribution in [0.25, 0.3) is 6.08 Å². The van der Waals surface area contributed by atoms with Crippen LogP contribution in [0.2, 0.25) is 0 Å². The van der Waals surface area contributed by atoms with Crippen molar-refractivity contribution in [1.29, 1.82) is 0 Å². The number of nitrogens with zero attached hydrogens (tertiary/aromatic N) is 2. The second-order valence-electron chi connectivity index (χ2n) is 5.23. The van der Waals surface area contributed by atoms with Crippen molar-refractivity contribution in [3.05, 3.63) is 59.9 Å². The van der Waals surface area contributed by atoms with Crippen LogP contribution in [0, 0.1) is 0 Å². The zero-order valence-electron chi connectivity index (χ0n) is 14.2. The molecular formula is C19H22N2O3. The van der Waals surface area contributed by atoms with Crippen molar-refractivity contribution >= 4 is 12.0 Å². The molecule has 0 aliphatic rings. The molecule has 0 aliphatic heterocycles. The lowest BCUT2D eigenvalue weighted by Gasteiger charge is -2.17. The van der Waals surface area contributed by atoms with Crippen molar-refractivity contribution in [2.75, 3.05) is 20.8 Å². The van der Waals surface area contributed by atoms with E-state index >= 15 is 0 Å². The average molecular weight is 326 g/mol. The summed E-state index contributed by atoms with van der Waals surface area (Å²) in [5, 5.41) is 0. The quantitative estimate of drug-likeness (QED) is 0.734. The van der Waals surface area contributed by atoms with Gasteiger partial charge in [-0.2, -0.15) is 0 Å². The van der Waals surface area contributed by atoms with Crippen molar-refractivity contribution < 1.29 is 14.3 Å². The van der Waals surface area contributed by atoms with E-state index in [9.17, 15) is 4.79 Å². The van der Waals surface area contributed by atoms with Crippen LogP contribution in [-0.4, -0.2) is 36.6 Å². The van der Waals surface area contributed by atoms with Gasteiger partial charge < -0.3 is 14.4 Å². The number of amides is 1. The number of ether oxygens (including phenoxy) is 2. The fourth-order valence-electron chi connectivity index (χ4n) is 2.21. The number of carbonyl (C=O) groups is 1. The normalized spacial score (nSPS) is 10.6. The van der Waals surface area contributed by atoms with Crippen LogP contribution in [0.4, 0.5) is 0 Å². The monoisotopic (exact) mass is 326 g/mol. The molecular weight excluding hydrogens is 304 g/mol. The van der Waals surface area contributed by atoms with Crippen LogP contribution >= 0.6 is 0 Å². The fourth-order valence-corrected chi connectivity index (χ4v) is 2.21. The van der Waals surface area contributed by atoms with E-state index in [1.165, 1.54) is 0 Å². The molecule has 0 spiro atoms. The summed E-state index contributed by atoms with van der Waals surface area (Å²) in [6.07, 6.45) is 6.71. The summed E-state index contributed by atoms with van der Waals surface area (Å²) in [5.41, 5.74) is 1.86. The lowest BCUT2D eigenvalue weighted by molar-refractivity contribution is -0.125. The Kier molecular flexibility index (Phi) is 6.37. The van der Waals surface area contributed by atoms with Gasteiger partial charge in [-0.15, -0.1) is 0 Å². The van der Waals surface area contributed by atoms with Gasteiger partial charge in [0.15, 0.2) is 11.5 Å². The molecule has 0 aliphatic carbocycles. The van der Waals surface area contributed by atoms with Crippen LogP contribution in [0.3, 0.4) is 0 Å². The van der Waals surface area contributed by atoms with Crippen LogP contribution in [-0.2, 0) is 11.3 Å². The van der Waals surface area contributed by atoms with Crippen molar-refractivity contribution in [3.63, 3.8) is 0 Å². The molecule has 0 radical (unpaired) electrons. The van der Waals surface area contributed by atoms with Gasteiger partial charge in [-0.05, 0) is 42.3 Å². The Morgan fingerprint density at radius 3 is 2.79 bits per heavy atom. The summed E-state index contributed by atoms with van der Waals surface area (Å²) in [4.78, 5) is 17.9.